The molecule has 6 nitrogen and oxygen atoms in total. The molecule has 0 radical (unpaired) electrons. The van der Waals surface area contributed by atoms with Crippen LogP contribution in [0, 0.1) is 11.3 Å². The molecular weight excluding hydrogens is 272 g/mol. The van der Waals surface area contributed by atoms with Crippen LogP contribution in [0.4, 0.5) is 4.79 Å². The molecule has 0 aromatic carbocycles. The van der Waals surface area contributed by atoms with E-state index in [1.807, 2.05) is 0 Å². The summed E-state index contributed by atoms with van der Waals surface area (Å²) in [7, 11) is 0. The van der Waals surface area contributed by atoms with Gasteiger partial charge in [0, 0.05) is 31.7 Å². The third-order valence-electron chi connectivity index (χ3n) is 4.57. The lowest BCUT2D eigenvalue weighted by atomic mass is 9.82. The molecule has 2 aliphatic rings. The average molecular weight is 298 g/mol. The van der Waals surface area contributed by atoms with Gasteiger partial charge in [0.2, 0.25) is 0 Å². The minimum Gasteiger partial charge on any atom is -0.481 e. The summed E-state index contributed by atoms with van der Waals surface area (Å²) in [5.41, 5.74) is -0.109. The first kappa shape index (κ1) is 16.1. The van der Waals surface area contributed by atoms with Crippen LogP contribution in [-0.2, 0) is 9.53 Å². The number of likely N-dealkylation sites (tertiary alicyclic amines) is 1. The maximum atomic E-state index is 12.1. The van der Waals surface area contributed by atoms with Crippen molar-refractivity contribution >= 4 is 12.0 Å². The second kappa shape index (κ2) is 6.64. The third-order valence-corrected chi connectivity index (χ3v) is 4.57. The number of urea groups is 1. The van der Waals surface area contributed by atoms with Crippen molar-refractivity contribution in [2.24, 2.45) is 11.3 Å². The molecule has 0 bridgehead atoms. The third kappa shape index (κ3) is 4.09. The summed E-state index contributed by atoms with van der Waals surface area (Å²) in [6.07, 6.45) is 4.04. The van der Waals surface area contributed by atoms with Crippen LogP contribution in [0.15, 0.2) is 0 Å². The summed E-state index contributed by atoms with van der Waals surface area (Å²) in [4.78, 5) is 24.6. The van der Waals surface area contributed by atoms with Crippen molar-refractivity contribution in [3.05, 3.63) is 0 Å². The number of carbonyl (C=O) groups is 2. The van der Waals surface area contributed by atoms with Crippen molar-refractivity contribution in [1.29, 1.82) is 0 Å². The predicted molar refractivity (Wildman–Crippen MR) is 78.1 cm³/mol. The van der Waals surface area contributed by atoms with Crippen molar-refractivity contribution in [1.82, 2.24) is 10.2 Å². The minimum atomic E-state index is -0.818. The second-order valence-corrected chi connectivity index (χ2v) is 6.77. The van der Waals surface area contributed by atoms with Gasteiger partial charge in [0.1, 0.15) is 0 Å². The molecule has 2 saturated heterocycles. The Hall–Kier alpha value is -1.30. The van der Waals surface area contributed by atoms with E-state index in [0.717, 1.165) is 19.4 Å². The van der Waals surface area contributed by atoms with Crippen LogP contribution in [0.5, 0.6) is 0 Å². The summed E-state index contributed by atoms with van der Waals surface area (Å²) in [6, 6.07) is -0.164. The predicted octanol–water partition coefficient (Wildman–Crippen LogP) is 1.70. The number of carboxylic acids is 1. The average Bonchev–Trinajstić information content (AvgIpc) is 2.96. The first-order chi connectivity index (χ1) is 9.90. The number of hydrogen-bond donors (Lipinski definition) is 2. The Kier molecular flexibility index (Phi) is 5.08. The number of aliphatic carboxylic acids is 1. The van der Waals surface area contributed by atoms with E-state index < -0.39 is 11.9 Å². The van der Waals surface area contributed by atoms with Gasteiger partial charge >= 0.3 is 12.0 Å². The number of rotatable bonds is 4. The van der Waals surface area contributed by atoms with Gasteiger partial charge in [0.15, 0.2) is 0 Å². The maximum absolute atomic E-state index is 12.1. The molecule has 2 N–H and O–H groups in total. The monoisotopic (exact) mass is 298 g/mol. The van der Waals surface area contributed by atoms with Crippen molar-refractivity contribution < 1.29 is 19.4 Å². The van der Waals surface area contributed by atoms with Crippen LogP contribution in [0.2, 0.25) is 0 Å². The van der Waals surface area contributed by atoms with Crippen molar-refractivity contribution in [2.75, 3.05) is 26.2 Å². The van der Waals surface area contributed by atoms with Gasteiger partial charge < -0.3 is 20.1 Å². The van der Waals surface area contributed by atoms with E-state index in [4.69, 9.17) is 9.84 Å². The lowest BCUT2D eigenvalue weighted by molar-refractivity contribution is -0.141. The van der Waals surface area contributed by atoms with Crippen LogP contribution in [0.1, 0.15) is 39.5 Å². The largest absolute Gasteiger partial charge is 0.481 e. The molecule has 0 aliphatic carbocycles. The number of carbonyl (C=O) groups excluding carboxylic acids is 1. The number of amides is 2. The molecule has 6 heteroatoms. The smallest absolute Gasteiger partial charge is 0.317 e. The Bertz CT molecular complexity index is 391. The van der Waals surface area contributed by atoms with Gasteiger partial charge in [-0.2, -0.15) is 0 Å². The molecule has 2 fully saturated rings. The Morgan fingerprint density at radius 2 is 2.10 bits per heavy atom. The fourth-order valence-electron chi connectivity index (χ4n) is 3.03. The van der Waals surface area contributed by atoms with E-state index in [1.165, 1.54) is 6.42 Å². The first-order valence-electron chi connectivity index (χ1n) is 7.77. The summed E-state index contributed by atoms with van der Waals surface area (Å²) in [5.74, 6) is -1.24. The second-order valence-electron chi connectivity index (χ2n) is 6.77. The Morgan fingerprint density at radius 1 is 1.33 bits per heavy atom. The van der Waals surface area contributed by atoms with E-state index in [-0.39, 0.29) is 17.6 Å². The van der Waals surface area contributed by atoms with Crippen molar-refractivity contribution in [3.8, 4) is 0 Å². The van der Waals surface area contributed by atoms with Gasteiger partial charge in [0.25, 0.3) is 0 Å². The number of carboxylic acid groups (broad SMARTS) is 1. The molecule has 2 unspecified atom stereocenters. The van der Waals surface area contributed by atoms with Gasteiger partial charge in [-0.25, -0.2) is 4.79 Å². The SMILES string of the molecule is CC(C)(CNC(=O)N1CCC(C(=O)O)C1)C1CCCCO1. The zero-order chi connectivity index (χ0) is 15.5. The van der Waals surface area contributed by atoms with Gasteiger partial charge in [-0.3, -0.25) is 4.79 Å². The summed E-state index contributed by atoms with van der Waals surface area (Å²) in [6.45, 7) is 6.38. The number of nitrogens with zero attached hydrogens (tertiary/aromatic N) is 1. The quantitative estimate of drug-likeness (QED) is 0.828. The highest BCUT2D eigenvalue weighted by Gasteiger charge is 2.34. The Balaban J connectivity index is 1.79. The van der Waals surface area contributed by atoms with E-state index in [0.29, 0.717) is 26.1 Å². The van der Waals surface area contributed by atoms with Gasteiger partial charge in [0.05, 0.1) is 12.0 Å². The van der Waals surface area contributed by atoms with Gasteiger partial charge in [-0.05, 0) is 25.7 Å². The molecule has 0 aromatic heterocycles. The van der Waals surface area contributed by atoms with E-state index in [1.54, 1.807) is 4.90 Å². The molecule has 2 atom stereocenters. The first-order valence-corrected chi connectivity index (χ1v) is 7.77. The molecule has 2 heterocycles. The number of ether oxygens (including phenoxy) is 1. The maximum Gasteiger partial charge on any atom is 0.317 e. The lowest BCUT2D eigenvalue weighted by Gasteiger charge is -2.37. The zero-order valence-electron chi connectivity index (χ0n) is 12.9. The molecule has 2 aliphatic heterocycles. The fraction of sp³-hybridized carbons (Fsp3) is 0.867. The molecule has 2 rings (SSSR count). The van der Waals surface area contributed by atoms with Crippen LogP contribution in [-0.4, -0.2) is 54.4 Å². The topological polar surface area (TPSA) is 78.9 Å². The fourth-order valence-corrected chi connectivity index (χ4v) is 3.03. The minimum absolute atomic E-state index is 0.109. The van der Waals surface area contributed by atoms with E-state index in [9.17, 15) is 9.59 Å². The van der Waals surface area contributed by atoms with Gasteiger partial charge in [-0.15, -0.1) is 0 Å². The number of hydrogen-bond acceptors (Lipinski definition) is 3. The summed E-state index contributed by atoms with van der Waals surface area (Å²) < 4.78 is 5.81. The van der Waals surface area contributed by atoms with Crippen molar-refractivity contribution in [2.45, 2.75) is 45.6 Å². The van der Waals surface area contributed by atoms with Crippen LogP contribution in [0.25, 0.3) is 0 Å². The van der Waals surface area contributed by atoms with Crippen LogP contribution >= 0.6 is 0 Å². The Labute approximate surface area is 125 Å². The molecule has 2 amide bonds. The normalized spacial score (nSPS) is 26.7. The van der Waals surface area contributed by atoms with Crippen LogP contribution in [0.3, 0.4) is 0 Å². The summed E-state index contributed by atoms with van der Waals surface area (Å²) >= 11 is 0. The van der Waals surface area contributed by atoms with Gasteiger partial charge in [-0.1, -0.05) is 13.8 Å². The summed E-state index contributed by atoms with van der Waals surface area (Å²) in [5, 5.41) is 11.9. The molecule has 0 saturated carbocycles. The van der Waals surface area contributed by atoms with E-state index in [2.05, 4.69) is 19.2 Å². The molecular formula is C15H26N2O4. The molecule has 0 aromatic rings. The molecule has 0 spiro atoms. The highest BCUT2D eigenvalue weighted by Crippen LogP contribution is 2.29. The highest BCUT2D eigenvalue weighted by molar-refractivity contribution is 5.77. The zero-order valence-corrected chi connectivity index (χ0v) is 12.9. The molecule has 21 heavy (non-hydrogen) atoms. The lowest BCUT2D eigenvalue weighted by Crippen LogP contribution is -2.47. The number of nitrogens with one attached hydrogen (secondary N) is 1. The Morgan fingerprint density at radius 3 is 2.67 bits per heavy atom. The van der Waals surface area contributed by atoms with E-state index >= 15 is 0 Å². The van der Waals surface area contributed by atoms with Crippen LogP contribution < -0.4 is 5.32 Å². The highest BCUT2D eigenvalue weighted by atomic mass is 16.5. The standard InChI is InChI=1S/C15H26N2O4/c1-15(2,12-5-3-4-8-21-12)10-16-14(20)17-7-6-11(9-17)13(18)19/h11-12H,3-10H2,1-2H3,(H,16,20)(H,18,19). The van der Waals surface area contributed by atoms with Crippen molar-refractivity contribution in [3.63, 3.8) is 0 Å². The molecule has 120 valence electrons.